The second-order valence-electron chi connectivity index (χ2n) is 4.52. The molecular weight excluding hydrogens is 285 g/mol. The molecule has 0 radical (unpaired) electrons. The number of aromatic amines is 1. The highest BCUT2D eigenvalue weighted by Crippen LogP contribution is 2.25. The minimum Gasteiger partial charge on any atom is -0.340 e. The van der Waals surface area contributed by atoms with Crippen molar-refractivity contribution in [1.29, 1.82) is 0 Å². The summed E-state index contributed by atoms with van der Waals surface area (Å²) in [7, 11) is 0. The maximum atomic E-state index is 13.4. The zero-order valence-electron chi connectivity index (χ0n) is 10.1. The van der Waals surface area contributed by atoms with Crippen LogP contribution in [0.5, 0.6) is 0 Å². The van der Waals surface area contributed by atoms with Gasteiger partial charge in [0.1, 0.15) is 11.6 Å². The topological polar surface area (TPSA) is 40.7 Å². The Kier molecular flexibility index (Phi) is 3.23. The fraction of sp³-hybridized carbons (Fsp3) is 0.417. The van der Waals surface area contributed by atoms with E-state index in [1.54, 1.807) is 6.07 Å². The summed E-state index contributed by atoms with van der Waals surface area (Å²) in [5.74, 6) is 0.529. The van der Waals surface area contributed by atoms with Crippen molar-refractivity contribution in [2.75, 3.05) is 6.54 Å². The average Bonchev–Trinajstić information content (AvgIpc) is 2.62. The predicted octanol–water partition coefficient (Wildman–Crippen LogP) is 3.31. The molecule has 2 aromatic rings. The van der Waals surface area contributed by atoms with E-state index in [2.05, 4.69) is 31.2 Å². The van der Waals surface area contributed by atoms with Gasteiger partial charge in [-0.1, -0.05) is 6.92 Å². The Balaban J connectivity index is 2.51. The highest BCUT2D eigenvalue weighted by Gasteiger charge is 2.23. The first-order valence-electron chi connectivity index (χ1n) is 5.54. The first kappa shape index (κ1) is 12.5. The summed E-state index contributed by atoms with van der Waals surface area (Å²) < 4.78 is 13.8. The van der Waals surface area contributed by atoms with Crippen LogP contribution in [0.3, 0.4) is 0 Å². The molecule has 17 heavy (non-hydrogen) atoms. The van der Waals surface area contributed by atoms with E-state index >= 15 is 0 Å². The summed E-state index contributed by atoms with van der Waals surface area (Å²) in [6, 6.07) is 3.14. The number of nitrogens with one attached hydrogen (secondary N) is 2. The van der Waals surface area contributed by atoms with Crippen molar-refractivity contribution in [3.8, 4) is 0 Å². The monoisotopic (exact) mass is 299 g/mol. The van der Waals surface area contributed by atoms with Gasteiger partial charge in [0.25, 0.3) is 0 Å². The summed E-state index contributed by atoms with van der Waals surface area (Å²) in [6.45, 7) is 6.97. The number of halogens is 2. The van der Waals surface area contributed by atoms with Crippen LogP contribution in [-0.2, 0) is 5.54 Å². The van der Waals surface area contributed by atoms with Gasteiger partial charge in [-0.25, -0.2) is 9.37 Å². The Bertz CT molecular complexity index is 509. The first-order valence-corrected chi connectivity index (χ1v) is 6.33. The number of aromatic nitrogens is 2. The van der Waals surface area contributed by atoms with E-state index < -0.39 is 0 Å². The van der Waals surface area contributed by atoms with Gasteiger partial charge in [0.05, 0.1) is 21.0 Å². The van der Waals surface area contributed by atoms with Crippen LogP contribution in [-0.4, -0.2) is 16.5 Å². The largest absolute Gasteiger partial charge is 0.340 e. The summed E-state index contributed by atoms with van der Waals surface area (Å²) in [6.07, 6.45) is 0. The molecule has 0 saturated heterocycles. The second kappa shape index (κ2) is 4.38. The fourth-order valence-corrected chi connectivity index (χ4v) is 2.16. The number of benzene rings is 1. The minimum absolute atomic E-state index is 0.253. The van der Waals surface area contributed by atoms with Gasteiger partial charge in [-0.05, 0) is 42.4 Å². The fourth-order valence-electron chi connectivity index (χ4n) is 1.83. The highest BCUT2D eigenvalue weighted by atomic mass is 79.9. The van der Waals surface area contributed by atoms with Gasteiger partial charge in [0.15, 0.2) is 0 Å². The smallest absolute Gasteiger partial charge is 0.139 e. The first-order chi connectivity index (χ1) is 7.94. The lowest BCUT2D eigenvalue weighted by atomic mass is 10.1. The number of imidazole rings is 1. The Labute approximate surface area is 108 Å². The normalized spacial score (nSPS) is 12.3. The molecule has 1 aromatic carbocycles. The molecule has 92 valence electrons. The molecular formula is C12H15BrFN3. The van der Waals surface area contributed by atoms with Crippen molar-refractivity contribution in [2.45, 2.75) is 26.3 Å². The molecule has 0 atom stereocenters. The highest BCUT2D eigenvalue weighted by molar-refractivity contribution is 9.10. The quantitative estimate of drug-likeness (QED) is 0.913. The summed E-state index contributed by atoms with van der Waals surface area (Å²) in [4.78, 5) is 7.64. The lowest BCUT2D eigenvalue weighted by Gasteiger charge is -2.22. The lowest BCUT2D eigenvalue weighted by Crippen LogP contribution is -2.37. The van der Waals surface area contributed by atoms with Crippen LogP contribution in [0.25, 0.3) is 11.0 Å². The molecule has 0 spiro atoms. The molecule has 0 aliphatic rings. The molecule has 0 aliphatic carbocycles. The maximum Gasteiger partial charge on any atom is 0.139 e. The molecule has 1 aromatic heterocycles. The number of hydrogen-bond donors (Lipinski definition) is 2. The summed E-state index contributed by atoms with van der Waals surface area (Å²) >= 11 is 3.16. The Morgan fingerprint density at radius 2 is 2.18 bits per heavy atom. The third-order valence-electron chi connectivity index (χ3n) is 2.73. The minimum atomic E-state index is -0.283. The molecule has 0 saturated carbocycles. The molecule has 0 unspecified atom stereocenters. The SMILES string of the molecule is CCNC(C)(C)c1nc2cc(Br)c(F)cc2[nH]1. The molecule has 1 heterocycles. The standard InChI is InChI=1S/C12H15BrFN3/c1-4-15-12(2,3)11-16-9-5-7(13)8(14)6-10(9)17-11/h5-6,15H,4H2,1-3H3,(H,16,17). The molecule has 2 N–H and O–H groups in total. The van der Waals surface area contributed by atoms with E-state index in [0.29, 0.717) is 9.99 Å². The Hall–Kier alpha value is -0.940. The van der Waals surface area contributed by atoms with E-state index in [1.807, 2.05) is 20.8 Å². The van der Waals surface area contributed by atoms with Gasteiger partial charge in [-0.3, -0.25) is 0 Å². The van der Waals surface area contributed by atoms with Gasteiger partial charge in [-0.2, -0.15) is 0 Å². The molecule has 0 bridgehead atoms. The number of rotatable bonds is 3. The van der Waals surface area contributed by atoms with E-state index in [4.69, 9.17) is 0 Å². The van der Waals surface area contributed by atoms with E-state index in [9.17, 15) is 4.39 Å². The van der Waals surface area contributed by atoms with E-state index in [1.165, 1.54) is 6.07 Å². The van der Waals surface area contributed by atoms with E-state index in [0.717, 1.165) is 17.9 Å². The Morgan fingerprint density at radius 1 is 1.47 bits per heavy atom. The van der Waals surface area contributed by atoms with Crippen molar-refractivity contribution in [1.82, 2.24) is 15.3 Å². The second-order valence-corrected chi connectivity index (χ2v) is 5.38. The van der Waals surface area contributed by atoms with Crippen molar-refractivity contribution in [3.63, 3.8) is 0 Å². The zero-order valence-corrected chi connectivity index (χ0v) is 11.7. The third kappa shape index (κ3) is 2.35. The van der Waals surface area contributed by atoms with E-state index in [-0.39, 0.29) is 11.4 Å². The summed E-state index contributed by atoms with van der Waals surface area (Å²) in [5.41, 5.74) is 1.22. The van der Waals surface area contributed by atoms with Crippen molar-refractivity contribution >= 4 is 27.0 Å². The van der Waals surface area contributed by atoms with Crippen molar-refractivity contribution in [2.24, 2.45) is 0 Å². The number of hydrogen-bond acceptors (Lipinski definition) is 2. The third-order valence-corrected chi connectivity index (χ3v) is 3.34. The van der Waals surface area contributed by atoms with Crippen LogP contribution in [0.15, 0.2) is 16.6 Å². The van der Waals surface area contributed by atoms with Gasteiger partial charge in [0, 0.05) is 6.07 Å². The average molecular weight is 300 g/mol. The van der Waals surface area contributed by atoms with Crippen LogP contribution in [0.4, 0.5) is 4.39 Å². The van der Waals surface area contributed by atoms with Gasteiger partial charge in [-0.15, -0.1) is 0 Å². The molecule has 0 fully saturated rings. The maximum absolute atomic E-state index is 13.4. The van der Waals surface area contributed by atoms with Gasteiger partial charge >= 0.3 is 0 Å². The summed E-state index contributed by atoms with van der Waals surface area (Å²) in [5, 5.41) is 3.33. The van der Waals surface area contributed by atoms with Gasteiger partial charge in [0.2, 0.25) is 0 Å². The number of fused-ring (bicyclic) bond motifs is 1. The van der Waals surface area contributed by atoms with Crippen LogP contribution in [0, 0.1) is 5.82 Å². The van der Waals surface area contributed by atoms with Crippen LogP contribution in [0.1, 0.15) is 26.6 Å². The molecule has 0 aliphatic heterocycles. The molecule has 5 heteroatoms. The molecule has 2 rings (SSSR count). The number of H-pyrrole nitrogens is 1. The van der Waals surface area contributed by atoms with Crippen molar-refractivity contribution in [3.05, 3.63) is 28.2 Å². The van der Waals surface area contributed by atoms with Crippen molar-refractivity contribution < 1.29 is 4.39 Å². The molecule has 0 amide bonds. The van der Waals surface area contributed by atoms with Gasteiger partial charge < -0.3 is 10.3 Å². The molecule has 3 nitrogen and oxygen atoms in total. The van der Waals surface area contributed by atoms with Crippen LogP contribution < -0.4 is 5.32 Å². The van der Waals surface area contributed by atoms with Crippen LogP contribution >= 0.6 is 15.9 Å². The zero-order chi connectivity index (χ0) is 12.6. The number of nitrogens with zero attached hydrogens (tertiary/aromatic N) is 1. The lowest BCUT2D eigenvalue weighted by molar-refractivity contribution is 0.395. The Morgan fingerprint density at radius 3 is 2.82 bits per heavy atom. The van der Waals surface area contributed by atoms with Crippen LogP contribution in [0.2, 0.25) is 0 Å². The predicted molar refractivity (Wildman–Crippen MR) is 70.5 cm³/mol.